The molecule has 3 N–H and O–H groups in total. The molecule has 0 aliphatic rings. The maximum atomic E-state index is 13.7. The first-order valence-electron chi connectivity index (χ1n) is 6.11. The van der Waals surface area contributed by atoms with Crippen molar-refractivity contribution in [1.82, 2.24) is 0 Å². The summed E-state index contributed by atoms with van der Waals surface area (Å²) >= 11 is 0. The Morgan fingerprint density at radius 1 is 1.19 bits per heavy atom. The van der Waals surface area contributed by atoms with Gasteiger partial charge < -0.3 is 5.73 Å². The summed E-state index contributed by atoms with van der Waals surface area (Å²) in [6, 6.07) is 7.45. The van der Waals surface area contributed by atoms with Crippen LogP contribution in [0.1, 0.15) is 11.1 Å². The molecule has 0 atom stereocenters. The van der Waals surface area contributed by atoms with E-state index in [2.05, 4.69) is 4.72 Å². The zero-order chi connectivity index (χ0) is 15.6. The molecule has 21 heavy (non-hydrogen) atoms. The Hall–Kier alpha value is -1.99. The Morgan fingerprint density at radius 2 is 1.90 bits per heavy atom. The van der Waals surface area contributed by atoms with Crippen LogP contribution in [0.2, 0.25) is 0 Å². The lowest BCUT2D eigenvalue weighted by Crippen LogP contribution is -2.18. The van der Waals surface area contributed by atoms with Crippen LogP contribution in [0.5, 0.6) is 0 Å². The second-order valence-electron chi connectivity index (χ2n) is 4.49. The van der Waals surface area contributed by atoms with Crippen molar-refractivity contribution in [2.75, 3.05) is 4.72 Å². The first-order valence-corrected chi connectivity index (χ1v) is 7.60. The smallest absolute Gasteiger partial charge is 0.262 e. The number of rotatable bonds is 4. The molecule has 0 fully saturated rings. The normalized spacial score (nSPS) is 11.4. The molecule has 0 spiro atoms. The van der Waals surface area contributed by atoms with E-state index < -0.39 is 21.7 Å². The van der Waals surface area contributed by atoms with Gasteiger partial charge in [0.05, 0.1) is 10.6 Å². The molecule has 4 nitrogen and oxygen atoms in total. The summed E-state index contributed by atoms with van der Waals surface area (Å²) in [7, 11) is -4.13. The third-order valence-electron chi connectivity index (χ3n) is 3.00. The highest BCUT2D eigenvalue weighted by Gasteiger charge is 2.21. The van der Waals surface area contributed by atoms with Crippen molar-refractivity contribution in [2.45, 2.75) is 18.4 Å². The monoisotopic (exact) mass is 312 g/mol. The fourth-order valence-electron chi connectivity index (χ4n) is 1.90. The number of benzene rings is 2. The summed E-state index contributed by atoms with van der Waals surface area (Å²) in [5.41, 5.74) is 5.97. The quantitative estimate of drug-likeness (QED) is 0.911. The zero-order valence-electron chi connectivity index (χ0n) is 11.2. The van der Waals surface area contributed by atoms with Gasteiger partial charge in [-0.15, -0.1) is 0 Å². The molecule has 0 aliphatic heterocycles. The lowest BCUT2D eigenvalue weighted by molar-refractivity contribution is 0.591. The molecule has 112 valence electrons. The van der Waals surface area contributed by atoms with E-state index >= 15 is 0 Å². The van der Waals surface area contributed by atoms with Gasteiger partial charge in [0.15, 0.2) is 0 Å². The Morgan fingerprint density at radius 3 is 2.52 bits per heavy atom. The number of nitrogens with two attached hydrogens (primary N) is 1. The second kappa shape index (κ2) is 5.79. The molecule has 0 aliphatic carbocycles. The molecule has 2 aromatic rings. The van der Waals surface area contributed by atoms with E-state index in [9.17, 15) is 17.2 Å². The summed E-state index contributed by atoms with van der Waals surface area (Å²) in [4.78, 5) is -0.298. The van der Waals surface area contributed by atoms with E-state index in [1.54, 1.807) is 13.0 Å². The minimum Gasteiger partial charge on any atom is -0.326 e. The van der Waals surface area contributed by atoms with Crippen LogP contribution in [-0.4, -0.2) is 8.42 Å². The second-order valence-corrected chi connectivity index (χ2v) is 6.14. The standard InChI is InChI=1S/C14H14F2N2O2S/c1-9-3-2-4-12(16)14(9)18-21(19,20)13-7-11(15)6-5-10(13)8-17/h2-7,18H,8,17H2,1H3. The van der Waals surface area contributed by atoms with Crippen molar-refractivity contribution in [1.29, 1.82) is 0 Å². The maximum absolute atomic E-state index is 13.7. The van der Waals surface area contributed by atoms with Crippen LogP contribution < -0.4 is 10.5 Å². The third kappa shape index (κ3) is 3.20. The highest BCUT2D eigenvalue weighted by Crippen LogP contribution is 2.25. The van der Waals surface area contributed by atoms with Crippen LogP contribution in [0.4, 0.5) is 14.5 Å². The average molecular weight is 312 g/mol. The molecule has 7 heteroatoms. The molecule has 0 radical (unpaired) electrons. The molecule has 0 heterocycles. The van der Waals surface area contributed by atoms with Crippen LogP contribution >= 0.6 is 0 Å². The minimum absolute atomic E-state index is 0.0766. The number of hydrogen-bond donors (Lipinski definition) is 2. The summed E-state index contributed by atoms with van der Waals surface area (Å²) < 4.78 is 53.9. The number of halogens is 2. The number of para-hydroxylation sites is 1. The van der Waals surface area contributed by atoms with Crippen molar-refractivity contribution >= 4 is 15.7 Å². The molecule has 0 aromatic heterocycles. The lowest BCUT2D eigenvalue weighted by atomic mass is 10.2. The molecule has 2 aromatic carbocycles. The first-order chi connectivity index (χ1) is 9.85. The van der Waals surface area contributed by atoms with E-state index in [1.165, 1.54) is 12.1 Å². The maximum Gasteiger partial charge on any atom is 0.262 e. The molecule has 0 saturated carbocycles. The number of aryl methyl sites for hydroxylation is 1. The van der Waals surface area contributed by atoms with Gasteiger partial charge in [0.25, 0.3) is 10.0 Å². The van der Waals surface area contributed by atoms with Crippen LogP contribution in [0.15, 0.2) is 41.3 Å². The molecular formula is C14H14F2N2O2S. The molecule has 0 amide bonds. The van der Waals surface area contributed by atoms with Gasteiger partial charge in [-0.1, -0.05) is 18.2 Å². The van der Waals surface area contributed by atoms with Gasteiger partial charge in [-0.25, -0.2) is 17.2 Å². The van der Waals surface area contributed by atoms with Crippen LogP contribution in [-0.2, 0) is 16.6 Å². The number of anilines is 1. The van der Waals surface area contributed by atoms with Crippen molar-refractivity contribution < 1.29 is 17.2 Å². The first kappa shape index (κ1) is 15.4. The van der Waals surface area contributed by atoms with Gasteiger partial charge in [0, 0.05) is 6.54 Å². The van der Waals surface area contributed by atoms with E-state index in [4.69, 9.17) is 5.73 Å². The van der Waals surface area contributed by atoms with Crippen LogP contribution in [0.3, 0.4) is 0 Å². The van der Waals surface area contributed by atoms with E-state index in [1.807, 2.05) is 0 Å². The predicted octanol–water partition coefficient (Wildman–Crippen LogP) is 2.53. The summed E-state index contributed by atoms with van der Waals surface area (Å²) in [6.45, 7) is 1.49. The number of hydrogen-bond acceptors (Lipinski definition) is 3. The van der Waals surface area contributed by atoms with Crippen LogP contribution in [0, 0.1) is 18.6 Å². The van der Waals surface area contributed by atoms with Gasteiger partial charge in [-0.05, 0) is 36.2 Å². The fourth-order valence-corrected chi connectivity index (χ4v) is 3.30. The molecule has 0 unspecified atom stereocenters. The zero-order valence-corrected chi connectivity index (χ0v) is 12.0. The fraction of sp³-hybridized carbons (Fsp3) is 0.143. The van der Waals surface area contributed by atoms with E-state index in [0.717, 1.165) is 18.2 Å². The van der Waals surface area contributed by atoms with Gasteiger partial charge in [0.1, 0.15) is 11.6 Å². The van der Waals surface area contributed by atoms with E-state index in [-0.39, 0.29) is 22.7 Å². The summed E-state index contributed by atoms with van der Waals surface area (Å²) in [5, 5.41) is 0. The molecule has 2 rings (SSSR count). The van der Waals surface area contributed by atoms with E-state index in [0.29, 0.717) is 5.56 Å². The minimum atomic E-state index is -4.13. The Kier molecular flexibility index (Phi) is 4.24. The average Bonchev–Trinajstić information content (AvgIpc) is 2.43. The van der Waals surface area contributed by atoms with Crippen molar-refractivity contribution in [3.63, 3.8) is 0 Å². The molecule has 0 saturated heterocycles. The Labute approximate surface area is 121 Å². The molecular weight excluding hydrogens is 298 g/mol. The number of sulfonamides is 1. The SMILES string of the molecule is Cc1cccc(F)c1NS(=O)(=O)c1cc(F)ccc1CN. The summed E-state index contributed by atoms with van der Waals surface area (Å²) in [5.74, 6) is -1.41. The van der Waals surface area contributed by atoms with Gasteiger partial charge in [-0.3, -0.25) is 4.72 Å². The highest BCUT2D eigenvalue weighted by molar-refractivity contribution is 7.92. The Bertz CT molecular complexity index is 756. The topological polar surface area (TPSA) is 72.2 Å². The number of nitrogens with one attached hydrogen (secondary N) is 1. The Balaban J connectivity index is 2.51. The van der Waals surface area contributed by atoms with Crippen LogP contribution in [0.25, 0.3) is 0 Å². The third-order valence-corrected chi connectivity index (χ3v) is 4.43. The largest absolute Gasteiger partial charge is 0.326 e. The van der Waals surface area contributed by atoms with Crippen molar-refractivity contribution in [3.05, 3.63) is 59.2 Å². The molecule has 0 bridgehead atoms. The lowest BCUT2D eigenvalue weighted by Gasteiger charge is -2.13. The summed E-state index contributed by atoms with van der Waals surface area (Å²) in [6.07, 6.45) is 0. The van der Waals surface area contributed by atoms with Gasteiger partial charge >= 0.3 is 0 Å². The predicted molar refractivity (Wildman–Crippen MR) is 76.2 cm³/mol. The van der Waals surface area contributed by atoms with Crippen molar-refractivity contribution in [3.8, 4) is 0 Å². The highest BCUT2D eigenvalue weighted by atomic mass is 32.2. The van der Waals surface area contributed by atoms with Gasteiger partial charge in [0.2, 0.25) is 0 Å². The van der Waals surface area contributed by atoms with Gasteiger partial charge in [-0.2, -0.15) is 0 Å². The van der Waals surface area contributed by atoms with Crippen molar-refractivity contribution in [2.24, 2.45) is 5.73 Å².